The minimum atomic E-state index is -0.0642. The normalized spacial score (nSPS) is 11.4. The van der Waals surface area contributed by atoms with Crippen LogP contribution in [0.5, 0.6) is 0 Å². The minimum absolute atomic E-state index is 0.0642. The van der Waals surface area contributed by atoms with Gasteiger partial charge in [-0.05, 0) is 48.1 Å². The lowest BCUT2D eigenvalue weighted by Crippen LogP contribution is -2.31. The molecule has 2 aromatic carbocycles. The Labute approximate surface area is 176 Å². The van der Waals surface area contributed by atoms with Crippen molar-refractivity contribution in [2.75, 3.05) is 7.05 Å². The Kier molecular flexibility index (Phi) is 5.44. The highest BCUT2D eigenvalue weighted by molar-refractivity contribution is 9.11. The van der Waals surface area contributed by atoms with Crippen LogP contribution in [0.4, 0.5) is 0 Å². The monoisotopic (exact) mass is 453 g/mol. The van der Waals surface area contributed by atoms with E-state index in [2.05, 4.69) is 58.1 Å². The fourth-order valence-electron chi connectivity index (χ4n) is 3.24. The second-order valence-electron chi connectivity index (χ2n) is 6.93. The Hall–Kier alpha value is -2.28. The Morgan fingerprint density at radius 1 is 1.04 bits per heavy atom. The van der Waals surface area contributed by atoms with Gasteiger partial charge in [0.1, 0.15) is 0 Å². The Balaban J connectivity index is 1.75. The fourth-order valence-corrected chi connectivity index (χ4v) is 4.80. The maximum atomic E-state index is 13.0. The Morgan fingerprint density at radius 3 is 2.43 bits per heavy atom. The molecule has 0 radical (unpaired) electrons. The highest BCUT2D eigenvalue weighted by Gasteiger charge is 2.13. The summed E-state index contributed by atoms with van der Waals surface area (Å²) in [7, 11) is 2.00. The van der Waals surface area contributed by atoms with Crippen molar-refractivity contribution in [2.24, 2.45) is 0 Å². The highest BCUT2D eigenvalue weighted by atomic mass is 79.9. The molecule has 0 unspecified atom stereocenters. The molecular formula is C22H20BrN3OS. The summed E-state index contributed by atoms with van der Waals surface area (Å²) < 4.78 is 2.68. The summed E-state index contributed by atoms with van der Waals surface area (Å²) in [5, 5.41) is 6.33. The number of benzene rings is 2. The largest absolute Gasteiger partial charge is 0.282 e. The molecule has 0 spiro atoms. The second kappa shape index (κ2) is 7.99. The molecule has 4 aromatic rings. The predicted molar refractivity (Wildman–Crippen MR) is 120 cm³/mol. The van der Waals surface area contributed by atoms with E-state index in [9.17, 15) is 4.79 Å². The molecule has 0 N–H and O–H groups in total. The van der Waals surface area contributed by atoms with Gasteiger partial charge in [-0.25, -0.2) is 4.68 Å². The topological polar surface area (TPSA) is 38.1 Å². The number of rotatable bonds is 5. The number of aromatic nitrogens is 2. The first-order chi connectivity index (χ1) is 13.5. The van der Waals surface area contributed by atoms with Gasteiger partial charge in [-0.3, -0.25) is 9.69 Å². The molecule has 0 amide bonds. The van der Waals surface area contributed by atoms with Crippen LogP contribution in [-0.2, 0) is 13.2 Å². The molecule has 6 heteroatoms. The van der Waals surface area contributed by atoms with Crippen LogP contribution in [-0.4, -0.2) is 21.7 Å². The minimum Gasteiger partial charge on any atom is -0.282 e. The van der Waals surface area contributed by atoms with Gasteiger partial charge in [0.05, 0.1) is 21.5 Å². The molecule has 4 nitrogen and oxygen atoms in total. The maximum absolute atomic E-state index is 13.0. The second-order valence-corrected chi connectivity index (χ2v) is 9.47. The number of aryl methyl sites for hydroxylation is 1. The van der Waals surface area contributed by atoms with Crippen LogP contribution in [0, 0.1) is 6.92 Å². The predicted octanol–water partition coefficient (Wildman–Crippen LogP) is 5.29. The fraction of sp³-hybridized carbons (Fsp3) is 0.182. The third kappa shape index (κ3) is 3.94. The van der Waals surface area contributed by atoms with Crippen molar-refractivity contribution in [1.82, 2.24) is 14.7 Å². The van der Waals surface area contributed by atoms with Crippen LogP contribution in [0.3, 0.4) is 0 Å². The van der Waals surface area contributed by atoms with E-state index in [1.54, 1.807) is 16.0 Å². The van der Waals surface area contributed by atoms with Gasteiger partial charge in [-0.1, -0.05) is 48.0 Å². The van der Waals surface area contributed by atoms with E-state index in [-0.39, 0.29) is 5.56 Å². The molecule has 4 rings (SSSR count). The van der Waals surface area contributed by atoms with Crippen molar-refractivity contribution in [2.45, 2.75) is 20.1 Å². The van der Waals surface area contributed by atoms with E-state index < -0.39 is 0 Å². The van der Waals surface area contributed by atoms with Gasteiger partial charge < -0.3 is 0 Å². The number of hydrogen-bond acceptors (Lipinski definition) is 4. The first-order valence-electron chi connectivity index (χ1n) is 9.01. The molecule has 0 aliphatic rings. The summed E-state index contributed by atoms with van der Waals surface area (Å²) in [5.74, 6) is 0. The number of thiophene rings is 1. The summed E-state index contributed by atoms with van der Waals surface area (Å²) in [6.07, 6.45) is 0. The summed E-state index contributed by atoms with van der Waals surface area (Å²) >= 11 is 5.20. The van der Waals surface area contributed by atoms with Gasteiger partial charge in [0.25, 0.3) is 5.56 Å². The summed E-state index contributed by atoms with van der Waals surface area (Å²) in [4.78, 5) is 16.4. The quantitative estimate of drug-likeness (QED) is 0.412. The van der Waals surface area contributed by atoms with E-state index in [1.165, 1.54) is 10.4 Å². The van der Waals surface area contributed by atoms with Crippen LogP contribution in [0.1, 0.15) is 10.4 Å². The third-order valence-electron chi connectivity index (χ3n) is 4.62. The van der Waals surface area contributed by atoms with Crippen molar-refractivity contribution >= 4 is 38.0 Å². The lowest BCUT2D eigenvalue weighted by molar-refractivity contribution is 0.243. The van der Waals surface area contributed by atoms with Gasteiger partial charge >= 0.3 is 0 Å². The summed E-state index contributed by atoms with van der Waals surface area (Å²) in [6, 6.07) is 20.1. The number of nitrogens with zero attached hydrogens (tertiary/aromatic N) is 3. The van der Waals surface area contributed by atoms with E-state index in [0.29, 0.717) is 12.1 Å². The zero-order valence-corrected chi connectivity index (χ0v) is 18.1. The van der Waals surface area contributed by atoms with Crippen molar-refractivity contribution < 1.29 is 0 Å². The van der Waals surface area contributed by atoms with E-state index >= 15 is 0 Å². The van der Waals surface area contributed by atoms with Gasteiger partial charge in [-0.15, -0.1) is 11.3 Å². The smallest absolute Gasteiger partial charge is 0.275 e. The highest BCUT2D eigenvalue weighted by Crippen LogP contribution is 2.25. The molecule has 0 bridgehead atoms. The van der Waals surface area contributed by atoms with Crippen molar-refractivity contribution in [3.05, 3.63) is 85.2 Å². The maximum Gasteiger partial charge on any atom is 0.275 e. The van der Waals surface area contributed by atoms with Gasteiger partial charge in [0.15, 0.2) is 0 Å². The molecule has 0 saturated heterocycles. The number of hydrogen-bond donors (Lipinski definition) is 0. The molecule has 2 heterocycles. The Bertz CT molecular complexity index is 1180. The van der Waals surface area contributed by atoms with Crippen LogP contribution in [0.2, 0.25) is 0 Å². The molecule has 0 saturated carbocycles. The van der Waals surface area contributed by atoms with Crippen molar-refractivity contribution in [3.8, 4) is 11.3 Å². The SMILES string of the molecule is Cc1ccc(-c2nn(CN(C)Cc3ccc(Br)s3)c(=O)c3ccccc23)cc1. The van der Waals surface area contributed by atoms with Crippen LogP contribution in [0.25, 0.3) is 22.0 Å². The molecular weight excluding hydrogens is 434 g/mol. The number of halogens is 1. The summed E-state index contributed by atoms with van der Waals surface area (Å²) in [6.45, 7) is 3.25. The molecule has 0 fully saturated rings. The molecule has 0 aliphatic carbocycles. The Morgan fingerprint density at radius 2 is 1.75 bits per heavy atom. The third-order valence-corrected chi connectivity index (χ3v) is 6.23. The van der Waals surface area contributed by atoms with Gasteiger partial charge in [0, 0.05) is 22.4 Å². The zero-order chi connectivity index (χ0) is 19.7. The van der Waals surface area contributed by atoms with Gasteiger partial charge in [-0.2, -0.15) is 5.10 Å². The van der Waals surface area contributed by atoms with Crippen molar-refractivity contribution in [1.29, 1.82) is 0 Å². The molecule has 142 valence electrons. The average Bonchev–Trinajstić information content (AvgIpc) is 3.09. The standard InChI is InChI=1S/C22H20BrN3OS/c1-15-7-9-16(10-8-15)21-18-5-3-4-6-19(18)22(27)26(24-21)14-25(2)13-17-11-12-20(23)28-17/h3-12H,13-14H2,1-2H3. The van der Waals surface area contributed by atoms with Crippen LogP contribution >= 0.6 is 27.3 Å². The lowest BCUT2D eigenvalue weighted by atomic mass is 10.0. The van der Waals surface area contributed by atoms with Crippen molar-refractivity contribution in [3.63, 3.8) is 0 Å². The van der Waals surface area contributed by atoms with Crippen LogP contribution < -0.4 is 5.56 Å². The van der Waals surface area contributed by atoms with Crippen LogP contribution in [0.15, 0.2) is 69.2 Å². The molecule has 0 aliphatic heterocycles. The summed E-state index contributed by atoms with van der Waals surface area (Å²) in [5.41, 5.74) is 2.98. The van der Waals surface area contributed by atoms with Gasteiger partial charge in [0.2, 0.25) is 0 Å². The average molecular weight is 454 g/mol. The zero-order valence-electron chi connectivity index (χ0n) is 15.7. The lowest BCUT2D eigenvalue weighted by Gasteiger charge is -2.18. The van der Waals surface area contributed by atoms with E-state index in [1.807, 2.05) is 37.4 Å². The molecule has 2 aromatic heterocycles. The molecule has 28 heavy (non-hydrogen) atoms. The first kappa shape index (κ1) is 19.1. The molecule has 0 atom stereocenters. The number of fused-ring (bicyclic) bond motifs is 1. The van der Waals surface area contributed by atoms with E-state index in [4.69, 9.17) is 5.10 Å². The first-order valence-corrected chi connectivity index (χ1v) is 10.6. The van der Waals surface area contributed by atoms with E-state index in [0.717, 1.165) is 27.0 Å².